The molecule has 1 saturated heterocycles. The lowest BCUT2D eigenvalue weighted by atomic mass is 10.1. The summed E-state index contributed by atoms with van der Waals surface area (Å²) in [5, 5.41) is 5.95. The molecule has 0 spiro atoms. The monoisotopic (exact) mass is 369 g/mol. The second kappa shape index (κ2) is 8.84. The predicted octanol–water partition coefficient (Wildman–Crippen LogP) is 1.86. The van der Waals surface area contributed by atoms with Crippen molar-refractivity contribution in [1.29, 1.82) is 0 Å². The van der Waals surface area contributed by atoms with Crippen molar-refractivity contribution in [2.24, 2.45) is 0 Å². The number of benzene rings is 1. The van der Waals surface area contributed by atoms with E-state index in [1.807, 2.05) is 24.3 Å². The van der Waals surface area contributed by atoms with E-state index in [1.54, 1.807) is 4.90 Å². The highest BCUT2D eigenvalue weighted by atomic mass is 16.2. The zero-order chi connectivity index (χ0) is 19.2. The number of fused-ring (bicyclic) bond motifs is 1. The molecule has 2 aliphatic rings. The Morgan fingerprint density at radius 2 is 1.93 bits per heavy atom. The molecular weight excluding hydrogens is 342 g/mol. The fourth-order valence-electron chi connectivity index (χ4n) is 3.93. The van der Waals surface area contributed by atoms with Gasteiger partial charge in [-0.05, 0) is 36.5 Å². The van der Waals surface area contributed by atoms with Crippen LogP contribution in [0.4, 0.5) is 0 Å². The highest BCUT2D eigenvalue weighted by Gasteiger charge is 2.34. The van der Waals surface area contributed by atoms with Crippen molar-refractivity contribution in [3.63, 3.8) is 0 Å². The van der Waals surface area contributed by atoms with Crippen LogP contribution in [0.3, 0.4) is 0 Å². The van der Waals surface area contributed by atoms with Crippen LogP contribution in [0.5, 0.6) is 0 Å². The summed E-state index contributed by atoms with van der Waals surface area (Å²) < 4.78 is 0. The fourth-order valence-corrected chi connectivity index (χ4v) is 3.93. The van der Waals surface area contributed by atoms with Crippen molar-refractivity contribution in [1.82, 2.24) is 15.5 Å². The Morgan fingerprint density at radius 1 is 1.15 bits per heavy atom. The molecule has 6 heteroatoms. The van der Waals surface area contributed by atoms with Crippen LogP contribution in [-0.2, 0) is 20.8 Å². The number of carbonyl (C=O) groups is 3. The van der Waals surface area contributed by atoms with Gasteiger partial charge in [-0.2, -0.15) is 0 Å². The Kier molecular flexibility index (Phi) is 6.27. The first-order valence-corrected chi connectivity index (χ1v) is 9.66. The smallest absolute Gasteiger partial charge is 0.243 e. The molecule has 0 aromatic heterocycles. The van der Waals surface area contributed by atoms with Gasteiger partial charge in [0.15, 0.2) is 0 Å². The highest BCUT2D eigenvalue weighted by molar-refractivity contribution is 5.88. The minimum Gasteiger partial charge on any atom is -0.349 e. The predicted molar refractivity (Wildman–Crippen MR) is 103 cm³/mol. The van der Waals surface area contributed by atoms with Gasteiger partial charge in [0.2, 0.25) is 17.7 Å². The number of likely N-dealkylation sites (tertiary alicyclic amines) is 1. The number of hydrogen-bond acceptors (Lipinski definition) is 3. The minimum atomic E-state index is -0.293. The van der Waals surface area contributed by atoms with Crippen molar-refractivity contribution in [3.8, 4) is 0 Å². The second-order valence-corrected chi connectivity index (χ2v) is 7.25. The molecule has 6 nitrogen and oxygen atoms in total. The summed E-state index contributed by atoms with van der Waals surface area (Å²) in [5.41, 5.74) is 2.12. The van der Waals surface area contributed by atoms with Crippen molar-refractivity contribution in [2.45, 2.75) is 50.6 Å². The first kappa shape index (κ1) is 19.1. The van der Waals surface area contributed by atoms with Crippen molar-refractivity contribution in [2.75, 3.05) is 13.1 Å². The summed E-state index contributed by atoms with van der Waals surface area (Å²) in [6, 6.07) is 7.33. The van der Waals surface area contributed by atoms with Gasteiger partial charge in [-0.3, -0.25) is 14.4 Å². The molecule has 1 aliphatic carbocycles. The molecule has 1 heterocycles. The normalized spacial score (nSPS) is 22.4. The van der Waals surface area contributed by atoms with Gasteiger partial charge in [0.25, 0.3) is 0 Å². The van der Waals surface area contributed by atoms with Crippen LogP contribution in [0.1, 0.15) is 49.3 Å². The van der Waals surface area contributed by atoms with Crippen LogP contribution in [0, 0.1) is 0 Å². The summed E-state index contributed by atoms with van der Waals surface area (Å²) in [6.45, 7) is 4.21. The Morgan fingerprint density at radius 3 is 2.74 bits per heavy atom. The van der Waals surface area contributed by atoms with Gasteiger partial charge in [0, 0.05) is 13.0 Å². The number of nitrogens with zero attached hydrogens (tertiary/aromatic N) is 1. The van der Waals surface area contributed by atoms with Gasteiger partial charge in [-0.1, -0.05) is 43.7 Å². The Balaban J connectivity index is 1.66. The third kappa shape index (κ3) is 4.76. The van der Waals surface area contributed by atoms with Crippen LogP contribution >= 0.6 is 0 Å². The number of nitrogens with one attached hydrogen (secondary N) is 2. The first-order chi connectivity index (χ1) is 13.1. The van der Waals surface area contributed by atoms with Crippen molar-refractivity contribution >= 4 is 17.7 Å². The largest absolute Gasteiger partial charge is 0.349 e. The SMILES string of the molecule is C=CC(=O)N[C@@H]1c2ccccc2C[C@H]1NC(=O)CN1CCCCCCC1=O. The molecule has 1 fully saturated rings. The van der Waals surface area contributed by atoms with E-state index in [0.717, 1.165) is 36.8 Å². The molecule has 144 valence electrons. The van der Waals surface area contributed by atoms with Crippen molar-refractivity contribution in [3.05, 3.63) is 48.0 Å². The molecule has 3 rings (SSSR count). The standard InChI is InChI=1S/C21H27N3O3/c1-2-18(25)23-21-16-10-7-6-9-15(16)13-17(21)22-19(26)14-24-12-8-4-3-5-11-20(24)27/h2,6-7,9-10,17,21H,1,3-5,8,11-14H2,(H,22,26)(H,23,25)/t17-,21-/m1/s1. The third-order valence-corrected chi connectivity index (χ3v) is 5.32. The first-order valence-electron chi connectivity index (χ1n) is 9.66. The topological polar surface area (TPSA) is 78.5 Å². The van der Waals surface area contributed by atoms with E-state index in [9.17, 15) is 14.4 Å². The van der Waals surface area contributed by atoms with Gasteiger partial charge in [-0.25, -0.2) is 0 Å². The fraction of sp³-hybridized carbons (Fsp3) is 0.476. The van der Waals surface area contributed by atoms with Gasteiger partial charge >= 0.3 is 0 Å². The minimum absolute atomic E-state index is 0.0519. The highest BCUT2D eigenvalue weighted by Crippen LogP contribution is 2.31. The van der Waals surface area contributed by atoms with E-state index >= 15 is 0 Å². The summed E-state index contributed by atoms with van der Waals surface area (Å²) in [5.74, 6) is -0.398. The van der Waals surface area contributed by atoms with Crippen LogP contribution in [-0.4, -0.2) is 41.8 Å². The Hall–Kier alpha value is -2.63. The lowest BCUT2D eigenvalue weighted by Crippen LogP contribution is -2.48. The van der Waals surface area contributed by atoms with Crippen LogP contribution in [0.15, 0.2) is 36.9 Å². The molecule has 0 bridgehead atoms. The molecule has 1 aromatic carbocycles. The molecule has 1 aliphatic heterocycles. The molecule has 3 amide bonds. The van der Waals surface area contributed by atoms with Crippen LogP contribution in [0.25, 0.3) is 0 Å². The molecule has 2 N–H and O–H groups in total. The number of hydrogen-bond donors (Lipinski definition) is 2. The summed E-state index contributed by atoms with van der Waals surface area (Å²) >= 11 is 0. The van der Waals surface area contributed by atoms with Gasteiger partial charge in [-0.15, -0.1) is 0 Å². The van der Waals surface area contributed by atoms with Crippen molar-refractivity contribution < 1.29 is 14.4 Å². The maximum atomic E-state index is 12.6. The van der Waals surface area contributed by atoms with Crippen LogP contribution in [0.2, 0.25) is 0 Å². The zero-order valence-electron chi connectivity index (χ0n) is 15.6. The maximum Gasteiger partial charge on any atom is 0.243 e. The lowest BCUT2D eigenvalue weighted by Gasteiger charge is -2.27. The molecule has 2 atom stereocenters. The zero-order valence-corrected chi connectivity index (χ0v) is 15.6. The van der Waals surface area contributed by atoms with E-state index in [4.69, 9.17) is 0 Å². The summed E-state index contributed by atoms with van der Waals surface area (Å²) in [4.78, 5) is 38.4. The molecule has 1 aromatic rings. The van der Waals surface area contributed by atoms with E-state index in [-0.39, 0.29) is 36.3 Å². The van der Waals surface area contributed by atoms with Gasteiger partial charge in [0.1, 0.15) is 0 Å². The molecule has 0 unspecified atom stereocenters. The average molecular weight is 369 g/mol. The Bertz CT molecular complexity index is 731. The number of carbonyl (C=O) groups excluding carboxylic acids is 3. The molecule has 0 radical (unpaired) electrons. The quantitative estimate of drug-likeness (QED) is 0.778. The molecular formula is C21H27N3O3. The van der Waals surface area contributed by atoms with Gasteiger partial charge in [0.05, 0.1) is 18.6 Å². The number of rotatable bonds is 5. The average Bonchev–Trinajstić information content (AvgIpc) is 2.98. The Labute approximate surface area is 160 Å². The van der Waals surface area contributed by atoms with Gasteiger partial charge < -0.3 is 15.5 Å². The van der Waals surface area contributed by atoms with E-state index in [2.05, 4.69) is 17.2 Å². The lowest BCUT2D eigenvalue weighted by molar-refractivity contribution is -0.136. The second-order valence-electron chi connectivity index (χ2n) is 7.25. The van der Waals surface area contributed by atoms with E-state index in [0.29, 0.717) is 19.4 Å². The molecule has 27 heavy (non-hydrogen) atoms. The number of amides is 3. The van der Waals surface area contributed by atoms with E-state index in [1.165, 1.54) is 6.08 Å². The molecule has 0 saturated carbocycles. The van der Waals surface area contributed by atoms with E-state index < -0.39 is 0 Å². The van der Waals surface area contributed by atoms with Crippen LogP contribution < -0.4 is 10.6 Å². The summed E-state index contributed by atoms with van der Waals surface area (Å²) in [7, 11) is 0. The summed E-state index contributed by atoms with van der Waals surface area (Å²) in [6.07, 6.45) is 6.41. The maximum absolute atomic E-state index is 12.6. The third-order valence-electron chi connectivity index (χ3n) is 5.32.